The molecule has 150 valence electrons. The van der Waals surface area contributed by atoms with Gasteiger partial charge in [-0.15, -0.1) is 0 Å². The topological polar surface area (TPSA) is 80.4 Å². The van der Waals surface area contributed by atoms with Gasteiger partial charge in [0.15, 0.2) is 0 Å². The minimum atomic E-state index is -1.47. The molecule has 27 heavy (non-hydrogen) atoms. The molecule has 5 heteroatoms. The van der Waals surface area contributed by atoms with Crippen LogP contribution < -0.4 is 0 Å². The van der Waals surface area contributed by atoms with E-state index in [1.54, 1.807) is 0 Å². The SMILES string of the molecule is CC/C=C/C/C=C/C/C=C/C/C=C/C/C=C/CCCCC(C(=O)O)[N+](=O)[O-]. The normalized spacial score (nSPS) is 13.7. The van der Waals surface area contributed by atoms with Gasteiger partial charge in [0.2, 0.25) is 0 Å². The number of nitro groups is 1. The second-order valence-electron chi connectivity index (χ2n) is 6.13. The Balaban J connectivity index is 3.63. The average molecular weight is 376 g/mol. The van der Waals surface area contributed by atoms with Crippen molar-refractivity contribution >= 4 is 5.97 Å². The van der Waals surface area contributed by atoms with Crippen molar-refractivity contribution in [3.8, 4) is 0 Å². The number of allylic oxidation sites excluding steroid dienone is 10. The lowest BCUT2D eigenvalue weighted by atomic mass is 10.1. The van der Waals surface area contributed by atoms with Crippen LogP contribution in [0.1, 0.15) is 64.7 Å². The highest BCUT2D eigenvalue weighted by Crippen LogP contribution is 2.07. The van der Waals surface area contributed by atoms with Crippen molar-refractivity contribution < 1.29 is 14.8 Å². The van der Waals surface area contributed by atoms with Crippen LogP contribution in [0.4, 0.5) is 0 Å². The van der Waals surface area contributed by atoms with E-state index in [-0.39, 0.29) is 6.42 Å². The maximum atomic E-state index is 10.7. The first kappa shape index (κ1) is 24.6. The molecular formula is C22H33NO4. The van der Waals surface area contributed by atoms with Crippen LogP contribution in [0.5, 0.6) is 0 Å². The quantitative estimate of drug-likeness (QED) is 0.155. The molecule has 0 rings (SSSR count). The number of carbonyl (C=O) groups is 1. The Bertz CT molecular complexity index is 531. The predicted octanol–water partition coefficient (Wildman–Crippen LogP) is 6.03. The molecule has 1 atom stereocenters. The Hall–Kier alpha value is -2.43. The lowest BCUT2D eigenvalue weighted by Crippen LogP contribution is -2.28. The van der Waals surface area contributed by atoms with Crippen LogP contribution in [-0.2, 0) is 4.79 Å². The maximum absolute atomic E-state index is 10.7. The van der Waals surface area contributed by atoms with E-state index in [1.165, 1.54) is 0 Å². The van der Waals surface area contributed by atoms with Gasteiger partial charge in [0.1, 0.15) is 0 Å². The molecule has 5 nitrogen and oxygen atoms in total. The van der Waals surface area contributed by atoms with Gasteiger partial charge in [-0.1, -0.05) is 67.7 Å². The number of nitrogens with zero attached hydrogens (tertiary/aromatic N) is 1. The van der Waals surface area contributed by atoms with Crippen LogP contribution in [0.25, 0.3) is 0 Å². The van der Waals surface area contributed by atoms with E-state index in [0.717, 1.165) is 44.9 Å². The molecule has 0 saturated heterocycles. The maximum Gasteiger partial charge on any atom is 0.379 e. The van der Waals surface area contributed by atoms with Crippen LogP contribution in [-0.4, -0.2) is 22.0 Å². The Morgan fingerprint density at radius 1 is 0.852 bits per heavy atom. The van der Waals surface area contributed by atoms with Crippen LogP contribution in [0.15, 0.2) is 60.8 Å². The summed E-state index contributed by atoms with van der Waals surface area (Å²) in [5.41, 5.74) is 0. The summed E-state index contributed by atoms with van der Waals surface area (Å²) < 4.78 is 0. The number of unbranched alkanes of at least 4 members (excludes halogenated alkanes) is 2. The summed E-state index contributed by atoms with van der Waals surface area (Å²) in [5, 5.41) is 19.3. The highest BCUT2D eigenvalue weighted by atomic mass is 16.6. The highest BCUT2D eigenvalue weighted by molar-refractivity contribution is 5.71. The second kappa shape index (κ2) is 18.4. The molecule has 0 aromatic heterocycles. The van der Waals surface area contributed by atoms with E-state index in [2.05, 4.69) is 61.6 Å². The fourth-order valence-electron chi connectivity index (χ4n) is 2.29. The van der Waals surface area contributed by atoms with Crippen molar-refractivity contribution in [1.29, 1.82) is 0 Å². The molecule has 0 aromatic carbocycles. The third-order valence-corrected chi connectivity index (χ3v) is 3.80. The van der Waals surface area contributed by atoms with E-state index in [0.29, 0.717) is 6.42 Å². The molecular weight excluding hydrogens is 342 g/mol. The van der Waals surface area contributed by atoms with Gasteiger partial charge < -0.3 is 5.11 Å². The molecule has 0 aliphatic rings. The number of hydrogen-bond acceptors (Lipinski definition) is 3. The lowest BCUT2D eigenvalue weighted by Gasteiger charge is -2.03. The predicted molar refractivity (Wildman–Crippen MR) is 111 cm³/mol. The van der Waals surface area contributed by atoms with Gasteiger partial charge in [0, 0.05) is 11.3 Å². The zero-order valence-electron chi connectivity index (χ0n) is 16.3. The Morgan fingerprint density at radius 3 is 1.70 bits per heavy atom. The molecule has 0 aromatic rings. The van der Waals surface area contributed by atoms with Crippen molar-refractivity contribution in [2.24, 2.45) is 0 Å². The number of aliphatic carboxylic acids is 1. The first-order chi connectivity index (χ1) is 13.1. The van der Waals surface area contributed by atoms with Gasteiger partial charge in [-0.3, -0.25) is 10.1 Å². The molecule has 0 saturated carbocycles. The zero-order chi connectivity index (χ0) is 20.2. The van der Waals surface area contributed by atoms with E-state index in [4.69, 9.17) is 5.11 Å². The molecule has 0 spiro atoms. The van der Waals surface area contributed by atoms with Gasteiger partial charge in [-0.05, 0) is 51.4 Å². The summed E-state index contributed by atoms with van der Waals surface area (Å²) in [5.74, 6) is -1.35. The Kier molecular flexibility index (Phi) is 16.7. The van der Waals surface area contributed by atoms with Crippen LogP contribution in [0.3, 0.4) is 0 Å². The average Bonchev–Trinajstić information content (AvgIpc) is 2.63. The Morgan fingerprint density at radius 2 is 1.30 bits per heavy atom. The minimum absolute atomic E-state index is 0.0903. The number of hydrogen-bond donors (Lipinski definition) is 1. The molecule has 1 N–H and O–H groups in total. The molecule has 0 amide bonds. The van der Waals surface area contributed by atoms with Crippen molar-refractivity contribution in [2.75, 3.05) is 0 Å². The van der Waals surface area contributed by atoms with Crippen molar-refractivity contribution in [1.82, 2.24) is 0 Å². The van der Waals surface area contributed by atoms with Gasteiger partial charge in [0.05, 0.1) is 0 Å². The summed E-state index contributed by atoms with van der Waals surface area (Å²) in [7, 11) is 0. The minimum Gasteiger partial charge on any atom is -0.476 e. The highest BCUT2D eigenvalue weighted by Gasteiger charge is 2.27. The molecule has 0 aliphatic heterocycles. The van der Waals surface area contributed by atoms with Gasteiger partial charge in [-0.25, -0.2) is 4.79 Å². The third kappa shape index (κ3) is 16.8. The molecule has 0 heterocycles. The summed E-state index contributed by atoms with van der Waals surface area (Å²) in [6, 6.07) is -1.47. The molecule has 0 radical (unpaired) electrons. The smallest absolute Gasteiger partial charge is 0.379 e. The van der Waals surface area contributed by atoms with E-state index in [9.17, 15) is 14.9 Å². The van der Waals surface area contributed by atoms with Crippen molar-refractivity contribution in [2.45, 2.75) is 70.8 Å². The number of carboxylic acids is 1. The number of rotatable bonds is 16. The molecule has 0 aliphatic carbocycles. The van der Waals surface area contributed by atoms with Crippen molar-refractivity contribution in [3.63, 3.8) is 0 Å². The first-order valence-corrected chi connectivity index (χ1v) is 9.70. The number of carboxylic acid groups (broad SMARTS) is 1. The van der Waals surface area contributed by atoms with Gasteiger partial charge in [-0.2, -0.15) is 0 Å². The fraction of sp³-hybridized carbons (Fsp3) is 0.500. The summed E-state index contributed by atoms with van der Waals surface area (Å²) in [6.07, 6.45) is 28.4. The Labute approximate surface area is 163 Å². The standard InChI is InChI=1S/C22H33NO4/c1-2-3-4-5-6-7-8-9-10-11-12-13-14-15-16-17-18-19-20-21(22(24)25)23(26)27/h3-4,6-7,9-10,12-13,15-16,21H,2,5,8,11,14,17-20H2,1H3,(H,24,25)/b4-3+,7-6+,10-9+,13-12+,16-15+. The largest absolute Gasteiger partial charge is 0.476 e. The molecule has 0 bridgehead atoms. The monoisotopic (exact) mass is 375 g/mol. The van der Waals surface area contributed by atoms with E-state index >= 15 is 0 Å². The zero-order valence-corrected chi connectivity index (χ0v) is 16.3. The summed E-state index contributed by atoms with van der Waals surface area (Å²) in [4.78, 5) is 20.5. The van der Waals surface area contributed by atoms with Gasteiger partial charge >= 0.3 is 12.0 Å². The second-order valence-corrected chi connectivity index (χ2v) is 6.13. The molecule has 0 fully saturated rings. The molecule has 1 unspecified atom stereocenters. The van der Waals surface area contributed by atoms with Crippen LogP contribution >= 0.6 is 0 Å². The van der Waals surface area contributed by atoms with Gasteiger partial charge in [0.25, 0.3) is 0 Å². The first-order valence-electron chi connectivity index (χ1n) is 9.70. The third-order valence-electron chi connectivity index (χ3n) is 3.80. The van der Waals surface area contributed by atoms with Crippen LogP contribution in [0, 0.1) is 10.1 Å². The van der Waals surface area contributed by atoms with E-state index in [1.807, 2.05) is 6.08 Å². The lowest BCUT2D eigenvalue weighted by molar-refractivity contribution is -0.511. The van der Waals surface area contributed by atoms with E-state index < -0.39 is 16.9 Å². The summed E-state index contributed by atoms with van der Waals surface area (Å²) >= 11 is 0. The van der Waals surface area contributed by atoms with Crippen LogP contribution in [0.2, 0.25) is 0 Å². The summed E-state index contributed by atoms with van der Waals surface area (Å²) in [6.45, 7) is 2.13. The van der Waals surface area contributed by atoms with Crippen molar-refractivity contribution in [3.05, 3.63) is 70.9 Å². The fourth-order valence-corrected chi connectivity index (χ4v) is 2.29.